The van der Waals surface area contributed by atoms with Crippen molar-refractivity contribution >= 4 is 27.5 Å². The van der Waals surface area contributed by atoms with E-state index >= 15 is 0 Å². The lowest BCUT2D eigenvalue weighted by molar-refractivity contribution is -0.140. The predicted octanol–water partition coefficient (Wildman–Crippen LogP) is 4.93. The summed E-state index contributed by atoms with van der Waals surface area (Å²) in [7, 11) is -3.81. The number of hydrogen-bond acceptors (Lipinski definition) is 4. The number of nitrogens with zero attached hydrogens (tertiary/aromatic N) is 2. The molecule has 0 spiro atoms. The van der Waals surface area contributed by atoms with Gasteiger partial charge in [0.2, 0.25) is 21.8 Å². The van der Waals surface area contributed by atoms with E-state index in [0.717, 1.165) is 51.2 Å². The summed E-state index contributed by atoms with van der Waals surface area (Å²) < 4.78 is 27.2. The van der Waals surface area contributed by atoms with E-state index in [1.807, 2.05) is 93.6 Å². The molecule has 2 amide bonds. The van der Waals surface area contributed by atoms with Gasteiger partial charge in [-0.05, 0) is 49.4 Å². The number of para-hydroxylation sites is 1. The normalized spacial score (nSPS) is 12.0. The summed E-state index contributed by atoms with van der Waals surface area (Å²) in [6.45, 7) is 7.94. The van der Waals surface area contributed by atoms with Crippen molar-refractivity contribution in [3.8, 4) is 0 Å². The number of benzene rings is 3. The molecular formula is C32H41N3O4S. The second-order valence-electron chi connectivity index (χ2n) is 10.4. The van der Waals surface area contributed by atoms with Gasteiger partial charge in [-0.25, -0.2) is 8.42 Å². The number of unbranched alkanes of at least 4 members (excludes halogenated alkanes) is 1. The van der Waals surface area contributed by atoms with E-state index < -0.39 is 28.5 Å². The molecule has 0 aliphatic heterocycles. The summed E-state index contributed by atoms with van der Waals surface area (Å²) >= 11 is 0. The second-order valence-corrected chi connectivity index (χ2v) is 12.3. The molecule has 0 aromatic heterocycles. The minimum Gasteiger partial charge on any atom is -0.354 e. The minimum atomic E-state index is -3.81. The summed E-state index contributed by atoms with van der Waals surface area (Å²) in [6.07, 6.45) is 3.16. The van der Waals surface area contributed by atoms with E-state index in [2.05, 4.69) is 12.2 Å². The maximum Gasteiger partial charge on any atom is 0.244 e. The van der Waals surface area contributed by atoms with Crippen LogP contribution in [0, 0.1) is 20.8 Å². The molecule has 1 atom stereocenters. The number of carbonyl (C=O) groups excluding carboxylic acids is 2. The molecule has 7 nitrogen and oxygen atoms in total. The first-order valence-corrected chi connectivity index (χ1v) is 15.6. The lowest BCUT2D eigenvalue weighted by Gasteiger charge is -2.34. The molecule has 3 rings (SSSR count). The molecule has 0 aliphatic rings. The van der Waals surface area contributed by atoms with Crippen LogP contribution in [0.3, 0.4) is 0 Å². The summed E-state index contributed by atoms with van der Waals surface area (Å²) in [4.78, 5) is 29.4. The van der Waals surface area contributed by atoms with Gasteiger partial charge in [0.15, 0.2) is 0 Å². The Bertz CT molecular complexity index is 1390. The zero-order valence-corrected chi connectivity index (χ0v) is 25.0. The summed E-state index contributed by atoms with van der Waals surface area (Å²) in [5.41, 5.74) is 4.80. The van der Waals surface area contributed by atoms with Gasteiger partial charge in [-0.2, -0.15) is 0 Å². The molecule has 214 valence electrons. The van der Waals surface area contributed by atoms with Crippen LogP contribution < -0.4 is 9.62 Å². The molecule has 3 aromatic rings. The number of aryl methyl sites for hydroxylation is 3. The molecule has 0 saturated heterocycles. The highest BCUT2D eigenvalue weighted by Gasteiger charge is 2.33. The van der Waals surface area contributed by atoms with Crippen molar-refractivity contribution in [3.05, 3.63) is 101 Å². The molecule has 3 aromatic carbocycles. The highest BCUT2D eigenvalue weighted by atomic mass is 32.2. The van der Waals surface area contributed by atoms with Gasteiger partial charge in [-0.15, -0.1) is 0 Å². The van der Waals surface area contributed by atoms with Crippen LogP contribution >= 0.6 is 0 Å². The molecule has 0 aliphatic carbocycles. The molecule has 0 radical (unpaired) electrons. The third-order valence-electron chi connectivity index (χ3n) is 6.90. The molecule has 0 unspecified atom stereocenters. The van der Waals surface area contributed by atoms with Crippen LogP contribution in [-0.4, -0.2) is 50.5 Å². The molecule has 0 fully saturated rings. The summed E-state index contributed by atoms with van der Waals surface area (Å²) in [5, 5.41) is 3.01. The third-order valence-corrected chi connectivity index (χ3v) is 8.02. The van der Waals surface area contributed by atoms with E-state index in [4.69, 9.17) is 0 Å². The van der Waals surface area contributed by atoms with Crippen LogP contribution in [-0.2, 0) is 32.6 Å². The molecule has 1 N–H and O–H groups in total. The number of rotatable bonds is 13. The number of carbonyl (C=O) groups is 2. The van der Waals surface area contributed by atoms with Crippen molar-refractivity contribution < 1.29 is 18.0 Å². The lowest BCUT2D eigenvalue weighted by Crippen LogP contribution is -2.53. The molecule has 0 bridgehead atoms. The predicted molar refractivity (Wildman–Crippen MR) is 162 cm³/mol. The summed E-state index contributed by atoms with van der Waals surface area (Å²) in [6, 6.07) is 22.1. The standard InChI is InChI=1S/C32H41N3O4S/c1-6-7-19-33-32(37)29(21-27-16-9-8-10-17-27)34(22-28-18-11-13-24(2)20-28)30(36)23-35(40(5,38)39)31-25(3)14-12-15-26(31)4/h8-18,20,29H,6-7,19,21-23H2,1-5H3,(H,33,37)/t29-/m0/s1. The Hall–Kier alpha value is -3.65. The van der Waals surface area contributed by atoms with Gasteiger partial charge >= 0.3 is 0 Å². The van der Waals surface area contributed by atoms with Gasteiger partial charge in [0.1, 0.15) is 12.6 Å². The monoisotopic (exact) mass is 563 g/mol. The molecule has 8 heteroatoms. The van der Waals surface area contributed by atoms with Gasteiger partial charge in [0, 0.05) is 19.5 Å². The third kappa shape index (κ3) is 8.42. The number of hydrogen-bond donors (Lipinski definition) is 1. The Morgan fingerprint density at radius 3 is 2.10 bits per heavy atom. The van der Waals surface area contributed by atoms with Crippen molar-refractivity contribution in [2.75, 3.05) is 23.7 Å². The zero-order valence-electron chi connectivity index (χ0n) is 24.2. The largest absolute Gasteiger partial charge is 0.354 e. The first-order chi connectivity index (χ1) is 19.0. The van der Waals surface area contributed by atoms with Crippen molar-refractivity contribution in [1.29, 1.82) is 0 Å². The first kappa shape index (κ1) is 30.9. The van der Waals surface area contributed by atoms with E-state index in [1.54, 1.807) is 0 Å². The topological polar surface area (TPSA) is 86.8 Å². The van der Waals surface area contributed by atoms with Crippen LogP contribution in [0.5, 0.6) is 0 Å². The Labute approximate surface area is 239 Å². The van der Waals surface area contributed by atoms with Crippen LogP contribution in [0.25, 0.3) is 0 Å². The Morgan fingerprint density at radius 1 is 0.875 bits per heavy atom. The van der Waals surface area contributed by atoms with Gasteiger partial charge in [-0.3, -0.25) is 13.9 Å². The zero-order chi connectivity index (χ0) is 29.3. The molecular weight excluding hydrogens is 522 g/mol. The lowest BCUT2D eigenvalue weighted by atomic mass is 10.0. The smallest absolute Gasteiger partial charge is 0.244 e. The van der Waals surface area contributed by atoms with E-state index in [9.17, 15) is 18.0 Å². The number of sulfonamides is 1. The van der Waals surface area contributed by atoms with Crippen LogP contribution in [0.15, 0.2) is 72.8 Å². The Morgan fingerprint density at radius 2 is 1.50 bits per heavy atom. The molecule has 0 saturated carbocycles. The summed E-state index contributed by atoms with van der Waals surface area (Å²) in [5.74, 6) is -0.697. The average molecular weight is 564 g/mol. The van der Waals surface area contributed by atoms with Gasteiger partial charge in [-0.1, -0.05) is 91.7 Å². The van der Waals surface area contributed by atoms with E-state index in [1.165, 1.54) is 4.90 Å². The molecule has 40 heavy (non-hydrogen) atoms. The second kappa shape index (κ2) is 14.1. The molecule has 0 heterocycles. The fraction of sp³-hybridized carbons (Fsp3) is 0.375. The first-order valence-electron chi connectivity index (χ1n) is 13.7. The maximum atomic E-state index is 14.2. The van der Waals surface area contributed by atoms with Crippen molar-refractivity contribution in [3.63, 3.8) is 0 Å². The van der Waals surface area contributed by atoms with Crippen molar-refractivity contribution in [1.82, 2.24) is 10.2 Å². The van der Waals surface area contributed by atoms with Crippen molar-refractivity contribution in [2.24, 2.45) is 0 Å². The van der Waals surface area contributed by atoms with Gasteiger partial charge < -0.3 is 10.2 Å². The minimum absolute atomic E-state index is 0.170. The van der Waals surface area contributed by atoms with Crippen LogP contribution in [0.2, 0.25) is 0 Å². The number of nitrogens with one attached hydrogen (secondary N) is 1. The Balaban J connectivity index is 2.07. The van der Waals surface area contributed by atoms with E-state index in [-0.39, 0.29) is 12.5 Å². The highest BCUT2D eigenvalue weighted by Crippen LogP contribution is 2.27. The number of anilines is 1. The fourth-order valence-electron chi connectivity index (χ4n) is 4.84. The van der Waals surface area contributed by atoms with Gasteiger partial charge in [0.05, 0.1) is 11.9 Å². The van der Waals surface area contributed by atoms with E-state index in [0.29, 0.717) is 18.7 Å². The van der Waals surface area contributed by atoms with Crippen molar-refractivity contribution in [2.45, 2.75) is 59.5 Å². The number of amides is 2. The quantitative estimate of drug-likeness (QED) is 0.299. The SMILES string of the molecule is CCCCNC(=O)[C@H](Cc1ccccc1)N(Cc1cccc(C)c1)C(=O)CN(c1c(C)cccc1C)S(C)(=O)=O. The fourth-order valence-corrected chi connectivity index (χ4v) is 5.81. The van der Waals surface area contributed by atoms with Gasteiger partial charge in [0.25, 0.3) is 0 Å². The van der Waals surface area contributed by atoms with Crippen LogP contribution in [0.1, 0.15) is 47.6 Å². The van der Waals surface area contributed by atoms with Crippen LogP contribution in [0.4, 0.5) is 5.69 Å². The highest BCUT2D eigenvalue weighted by molar-refractivity contribution is 7.92. The average Bonchev–Trinajstić information content (AvgIpc) is 2.90. The maximum absolute atomic E-state index is 14.2. The Kier molecular flexibility index (Phi) is 10.9.